The Morgan fingerprint density at radius 1 is 1.69 bits per heavy atom. The van der Waals surface area contributed by atoms with Gasteiger partial charge in [0, 0.05) is 19.8 Å². The van der Waals surface area contributed by atoms with E-state index in [0.29, 0.717) is 12.5 Å². The van der Waals surface area contributed by atoms with E-state index in [0.717, 1.165) is 17.9 Å². The van der Waals surface area contributed by atoms with Gasteiger partial charge in [-0.05, 0) is 12.2 Å². The molecule has 1 atom stereocenters. The number of thioether (sulfide) groups is 1. The summed E-state index contributed by atoms with van der Waals surface area (Å²) in [5, 5.41) is 9.92. The van der Waals surface area contributed by atoms with Gasteiger partial charge in [0.2, 0.25) is 0 Å². The Bertz CT molecular complexity index is 200. The highest BCUT2D eigenvalue weighted by Crippen LogP contribution is 2.27. The summed E-state index contributed by atoms with van der Waals surface area (Å²) >= 11 is 1.77. The van der Waals surface area contributed by atoms with E-state index >= 15 is 0 Å². The third kappa shape index (κ3) is 3.08. The molecule has 0 spiro atoms. The van der Waals surface area contributed by atoms with Crippen LogP contribution in [0, 0.1) is 0 Å². The molecule has 1 heterocycles. The van der Waals surface area contributed by atoms with Crippen molar-refractivity contribution in [1.29, 1.82) is 0 Å². The van der Waals surface area contributed by atoms with Crippen molar-refractivity contribution in [3.8, 4) is 0 Å². The molecule has 1 aliphatic heterocycles. The molecule has 1 rings (SSSR count). The van der Waals surface area contributed by atoms with Crippen LogP contribution in [0.2, 0.25) is 0 Å². The average molecular weight is 203 g/mol. The van der Waals surface area contributed by atoms with Crippen molar-refractivity contribution in [2.45, 2.75) is 12.0 Å². The van der Waals surface area contributed by atoms with Crippen LogP contribution in [0.25, 0.3) is 0 Å². The van der Waals surface area contributed by atoms with Crippen LogP contribution >= 0.6 is 11.8 Å². The first kappa shape index (κ1) is 10.7. The van der Waals surface area contributed by atoms with E-state index in [-0.39, 0.29) is 0 Å². The van der Waals surface area contributed by atoms with Gasteiger partial charge in [-0.25, -0.2) is 0 Å². The Morgan fingerprint density at radius 3 is 2.85 bits per heavy atom. The van der Waals surface area contributed by atoms with Gasteiger partial charge in [0.1, 0.15) is 0 Å². The highest BCUT2D eigenvalue weighted by atomic mass is 32.2. The lowest BCUT2D eigenvalue weighted by atomic mass is 10.1. The second-order valence-corrected chi connectivity index (χ2v) is 4.70. The van der Waals surface area contributed by atoms with Crippen LogP contribution in [0.1, 0.15) is 6.42 Å². The number of guanidine groups is 1. The summed E-state index contributed by atoms with van der Waals surface area (Å²) in [4.78, 5) is 5.88. The summed E-state index contributed by atoms with van der Waals surface area (Å²) in [6, 6.07) is 0. The first-order chi connectivity index (χ1) is 6.03. The lowest BCUT2D eigenvalue weighted by Gasteiger charge is -2.19. The summed E-state index contributed by atoms with van der Waals surface area (Å²) in [7, 11) is 3.68. The van der Waals surface area contributed by atoms with Crippen molar-refractivity contribution in [3.05, 3.63) is 0 Å². The highest BCUT2D eigenvalue weighted by molar-refractivity contribution is 7.99. The predicted molar refractivity (Wildman–Crippen MR) is 57.1 cm³/mol. The summed E-state index contributed by atoms with van der Waals surface area (Å²) in [6.07, 6.45) is 0.821. The lowest BCUT2D eigenvalue weighted by molar-refractivity contribution is 0.0777. The van der Waals surface area contributed by atoms with E-state index in [2.05, 4.69) is 4.99 Å². The molecule has 1 fully saturated rings. The van der Waals surface area contributed by atoms with Gasteiger partial charge in [-0.1, -0.05) is 0 Å². The molecule has 4 nitrogen and oxygen atoms in total. The normalized spacial score (nSPS) is 29.3. The van der Waals surface area contributed by atoms with Gasteiger partial charge in [0.05, 0.1) is 12.1 Å². The Hall–Kier alpha value is -0.420. The van der Waals surface area contributed by atoms with Gasteiger partial charge < -0.3 is 15.7 Å². The molecule has 0 aromatic carbocycles. The molecule has 1 unspecified atom stereocenters. The zero-order valence-corrected chi connectivity index (χ0v) is 8.97. The standard InChI is InChI=1S/C8H17N3OS/c1-11(2)7(9)10-5-8(12)3-4-13-6-8/h12H,3-6H2,1-2H3,(H2,9,10). The van der Waals surface area contributed by atoms with Crippen LogP contribution in [0.3, 0.4) is 0 Å². The summed E-state index contributed by atoms with van der Waals surface area (Å²) < 4.78 is 0. The number of rotatable bonds is 2. The van der Waals surface area contributed by atoms with E-state index in [4.69, 9.17) is 5.73 Å². The molecule has 76 valence electrons. The molecule has 0 aromatic heterocycles. The van der Waals surface area contributed by atoms with E-state index in [9.17, 15) is 5.11 Å². The molecule has 3 N–H and O–H groups in total. The Balaban J connectivity index is 2.44. The van der Waals surface area contributed by atoms with Gasteiger partial charge in [-0.2, -0.15) is 11.8 Å². The van der Waals surface area contributed by atoms with E-state index in [1.165, 1.54) is 0 Å². The summed E-state index contributed by atoms with van der Waals surface area (Å²) in [6.45, 7) is 0.421. The SMILES string of the molecule is CN(C)C(N)=NCC1(O)CCSC1. The topological polar surface area (TPSA) is 61.8 Å². The van der Waals surface area contributed by atoms with Crippen molar-refractivity contribution in [2.75, 3.05) is 32.1 Å². The van der Waals surface area contributed by atoms with Gasteiger partial charge in [0.15, 0.2) is 5.96 Å². The minimum Gasteiger partial charge on any atom is -0.387 e. The zero-order chi connectivity index (χ0) is 9.90. The van der Waals surface area contributed by atoms with Crippen LogP contribution in [0.4, 0.5) is 0 Å². The largest absolute Gasteiger partial charge is 0.387 e. The molecule has 0 bridgehead atoms. The minimum atomic E-state index is -0.620. The molecule has 1 saturated heterocycles. The predicted octanol–water partition coefficient (Wildman–Crippen LogP) is -0.269. The number of hydrogen-bond donors (Lipinski definition) is 2. The molecule has 1 aliphatic rings. The van der Waals surface area contributed by atoms with Crippen molar-refractivity contribution < 1.29 is 5.11 Å². The second-order valence-electron chi connectivity index (χ2n) is 3.60. The fourth-order valence-electron chi connectivity index (χ4n) is 1.09. The second kappa shape index (κ2) is 4.19. The molecule has 13 heavy (non-hydrogen) atoms. The quantitative estimate of drug-likeness (QED) is 0.479. The van der Waals surface area contributed by atoms with Crippen molar-refractivity contribution in [2.24, 2.45) is 10.7 Å². The summed E-state index contributed by atoms with van der Waals surface area (Å²) in [5.41, 5.74) is 4.99. The Morgan fingerprint density at radius 2 is 2.38 bits per heavy atom. The first-order valence-corrected chi connectivity index (χ1v) is 5.46. The lowest BCUT2D eigenvalue weighted by Crippen LogP contribution is -2.36. The number of aliphatic imine (C=N–C) groups is 1. The van der Waals surface area contributed by atoms with Crippen LogP contribution < -0.4 is 5.73 Å². The van der Waals surface area contributed by atoms with E-state index in [1.54, 1.807) is 16.7 Å². The van der Waals surface area contributed by atoms with E-state index in [1.807, 2.05) is 14.1 Å². The summed E-state index contributed by atoms with van der Waals surface area (Å²) in [5.74, 6) is 2.27. The molecule has 0 aliphatic carbocycles. The molecule has 0 radical (unpaired) electrons. The molecule has 0 aromatic rings. The smallest absolute Gasteiger partial charge is 0.190 e. The van der Waals surface area contributed by atoms with Gasteiger partial charge in [-0.15, -0.1) is 0 Å². The van der Waals surface area contributed by atoms with Crippen LogP contribution in [-0.2, 0) is 0 Å². The van der Waals surface area contributed by atoms with Gasteiger partial charge in [-0.3, -0.25) is 4.99 Å². The van der Waals surface area contributed by atoms with Gasteiger partial charge in [0.25, 0.3) is 0 Å². The van der Waals surface area contributed by atoms with Crippen LogP contribution in [-0.4, -0.2) is 53.7 Å². The number of nitrogens with two attached hydrogens (primary N) is 1. The Labute approximate surface area is 83.2 Å². The molecule has 5 heteroatoms. The minimum absolute atomic E-state index is 0.421. The maximum atomic E-state index is 9.92. The molecule has 0 amide bonds. The fraction of sp³-hybridized carbons (Fsp3) is 0.875. The van der Waals surface area contributed by atoms with Crippen molar-refractivity contribution >= 4 is 17.7 Å². The number of hydrogen-bond acceptors (Lipinski definition) is 3. The van der Waals surface area contributed by atoms with Crippen LogP contribution in [0.15, 0.2) is 4.99 Å². The average Bonchev–Trinajstić information content (AvgIpc) is 2.48. The molecular formula is C8H17N3OS. The first-order valence-electron chi connectivity index (χ1n) is 4.31. The maximum Gasteiger partial charge on any atom is 0.190 e. The third-order valence-electron chi connectivity index (χ3n) is 2.08. The van der Waals surface area contributed by atoms with Crippen molar-refractivity contribution in [1.82, 2.24) is 4.90 Å². The maximum absolute atomic E-state index is 9.92. The Kier molecular flexibility index (Phi) is 3.44. The van der Waals surface area contributed by atoms with Gasteiger partial charge >= 0.3 is 0 Å². The molecule has 0 saturated carbocycles. The van der Waals surface area contributed by atoms with Crippen molar-refractivity contribution in [3.63, 3.8) is 0 Å². The molecular weight excluding hydrogens is 186 g/mol. The number of nitrogens with zero attached hydrogens (tertiary/aromatic N) is 2. The zero-order valence-electron chi connectivity index (χ0n) is 8.16. The third-order valence-corrected chi connectivity index (χ3v) is 3.31. The monoisotopic (exact) mass is 203 g/mol. The highest BCUT2D eigenvalue weighted by Gasteiger charge is 2.31. The van der Waals surface area contributed by atoms with E-state index < -0.39 is 5.60 Å². The van der Waals surface area contributed by atoms with Crippen LogP contribution in [0.5, 0.6) is 0 Å². The number of aliphatic hydroxyl groups is 1. The fourth-order valence-corrected chi connectivity index (χ4v) is 2.37.